The van der Waals surface area contributed by atoms with Crippen LogP contribution in [0.15, 0.2) is 18.2 Å². The number of rotatable bonds is 6. The summed E-state index contributed by atoms with van der Waals surface area (Å²) < 4.78 is 13.0. The molecule has 0 bridgehead atoms. The maximum atomic E-state index is 13.0. The second-order valence-electron chi connectivity index (χ2n) is 4.04. The van der Waals surface area contributed by atoms with Gasteiger partial charge in [-0.3, -0.25) is 19.7 Å². The normalized spacial score (nSPS) is 10.1. The van der Waals surface area contributed by atoms with Gasteiger partial charge in [-0.2, -0.15) is 0 Å². The Bertz CT molecular complexity index is 547. The third-order valence-electron chi connectivity index (χ3n) is 2.49. The highest BCUT2D eigenvalue weighted by Crippen LogP contribution is 2.21. The van der Waals surface area contributed by atoms with Crippen LogP contribution >= 0.6 is 0 Å². The lowest BCUT2D eigenvalue weighted by atomic mass is 10.1. The Kier molecular flexibility index (Phi) is 5.13. The fourth-order valence-electron chi connectivity index (χ4n) is 1.69. The number of benzene rings is 1. The van der Waals surface area contributed by atoms with Crippen LogP contribution in [0.5, 0.6) is 0 Å². The summed E-state index contributed by atoms with van der Waals surface area (Å²) in [7, 11) is 0. The van der Waals surface area contributed by atoms with E-state index in [1.807, 2.05) is 0 Å². The summed E-state index contributed by atoms with van der Waals surface area (Å²) in [6, 6.07) is 2.55. The molecule has 108 valence electrons. The Balaban J connectivity index is 3.17. The smallest absolute Gasteiger partial charge is 0.323 e. The van der Waals surface area contributed by atoms with Crippen LogP contribution in [-0.4, -0.2) is 39.9 Å². The van der Waals surface area contributed by atoms with Gasteiger partial charge in [0.2, 0.25) is 0 Å². The Morgan fingerprint density at radius 3 is 2.60 bits per heavy atom. The molecule has 8 heteroatoms. The number of carboxylic acids is 1. The van der Waals surface area contributed by atoms with Crippen molar-refractivity contribution < 1.29 is 24.0 Å². The Morgan fingerprint density at radius 1 is 1.45 bits per heavy atom. The van der Waals surface area contributed by atoms with Crippen molar-refractivity contribution in [3.8, 4) is 0 Å². The zero-order valence-corrected chi connectivity index (χ0v) is 10.7. The Labute approximate surface area is 113 Å². The van der Waals surface area contributed by atoms with Crippen LogP contribution in [0.1, 0.15) is 23.7 Å². The van der Waals surface area contributed by atoms with Crippen LogP contribution in [-0.2, 0) is 4.79 Å². The largest absolute Gasteiger partial charge is 0.480 e. The van der Waals surface area contributed by atoms with Gasteiger partial charge in [-0.15, -0.1) is 0 Å². The Hall–Kier alpha value is -2.51. The molecule has 0 spiro atoms. The standard InChI is InChI=1S/C12H13FN2O5/c1-2-5-14(7-11(16)17)12(18)9-4-3-8(13)6-10(9)15(19)20/h3-4,6H,2,5,7H2,1H3,(H,16,17). The number of halogens is 1. The van der Waals surface area contributed by atoms with E-state index in [9.17, 15) is 24.1 Å². The quantitative estimate of drug-likeness (QED) is 0.632. The summed E-state index contributed by atoms with van der Waals surface area (Å²) in [5.74, 6) is -2.87. The van der Waals surface area contributed by atoms with Crippen LogP contribution in [0.3, 0.4) is 0 Å². The molecular formula is C12H13FN2O5. The van der Waals surface area contributed by atoms with Gasteiger partial charge in [0.05, 0.1) is 11.0 Å². The molecule has 0 saturated heterocycles. The summed E-state index contributed by atoms with van der Waals surface area (Å²) in [6.45, 7) is 1.31. The number of hydrogen-bond acceptors (Lipinski definition) is 4. The number of carbonyl (C=O) groups is 2. The lowest BCUT2D eigenvalue weighted by Gasteiger charge is -2.19. The van der Waals surface area contributed by atoms with Gasteiger partial charge in [0.15, 0.2) is 0 Å². The van der Waals surface area contributed by atoms with Crippen molar-refractivity contribution in [2.45, 2.75) is 13.3 Å². The number of amides is 1. The van der Waals surface area contributed by atoms with E-state index in [4.69, 9.17) is 5.11 Å². The molecule has 0 radical (unpaired) electrons. The minimum Gasteiger partial charge on any atom is -0.480 e. The first-order chi connectivity index (χ1) is 9.36. The average Bonchev–Trinajstić information content (AvgIpc) is 2.36. The fourth-order valence-corrected chi connectivity index (χ4v) is 1.69. The highest BCUT2D eigenvalue weighted by molar-refractivity contribution is 5.99. The van der Waals surface area contributed by atoms with Gasteiger partial charge >= 0.3 is 5.97 Å². The van der Waals surface area contributed by atoms with Crippen molar-refractivity contribution in [2.24, 2.45) is 0 Å². The molecule has 0 aliphatic rings. The number of nitrogens with zero attached hydrogens (tertiary/aromatic N) is 2. The molecule has 0 aliphatic carbocycles. The summed E-state index contributed by atoms with van der Waals surface area (Å²) in [5, 5.41) is 19.6. The average molecular weight is 284 g/mol. The second-order valence-corrected chi connectivity index (χ2v) is 4.04. The lowest BCUT2D eigenvalue weighted by molar-refractivity contribution is -0.385. The van der Waals surface area contributed by atoms with E-state index < -0.39 is 34.8 Å². The minimum absolute atomic E-state index is 0.139. The van der Waals surface area contributed by atoms with Gasteiger partial charge in [-0.05, 0) is 18.6 Å². The minimum atomic E-state index is -1.23. The zero-order chi connectivity index (χ0) is 15.3. The molecule has 20 heavy (non-hydrogen) atoms. The predicted octanol–water partition coefficient (Wildman–Crippen LogP) is 1.67. The van der Waals surface area contributed by atoms with E-state index in [0.717, 1.165) is 17.0 Å². The molecule has 1 N–H and O–H groups in total. The van der Waals surface area contributed by atoms with Crippen LogP contribution in [0.2, 0.25) is 0 Å². The van der Waals surface area contributed by atoms with Gasteiger partial charge in [-0.1, -0.05) is 6.92 Å². The first-order valence-corrected chi connectivity index (χ1v) is 5.81. The Morgan fingerprint density at radius 2 is 2.10 bits per heavy atom. The third kappa shape index (κ3) is 3.74. The summed E-state index contributed by atoms with van der Waals surface area (Å²) in [6.07, 6.45) is 0.494. The third-order valence-corrected chi connectivity index (χ3v) is 2.49. The molecule has 7 nitrogen and oxygen atoms in total. The molecule has 1 aromatic rings. The SMILES string of the molecule is CCCN(CC(=O)O)C(=O)c1ccc(F)cc1[N+](=O)[O-]. The van der Waals surface area contributed by atoms with E-state index in [1.54, 1.807) is 6.92 Å². The van der Waals surface area contributed by atoms with Crippen molar-refractivity contribution in [3.05, 3.63) is 39.7 Å². The lowest BCUT2D eigenvalue weighted by Crippen LogP contribution is -2.36. The molecule has 0 atom stereocenters. The summed E-state index contributed by atoms with van der Waals surface area (Å²) in [4.78, 5) is 33.8. The van der Waals surface area contributed by atoms with E-state index in [1.165, 1.54) is 0 Å². The van der Waals surface area contributed by atoms with Gasteiger partial charge in [0.1, 0.15) is 17.9 Å². The second kappa shape index (κ2) is 6.60. The molecule has 1 amide bonds. The molecule has 0 aromatic heterocycles. The van der Waals surface area contributed by atoms with E-state index in [-0.39, 0.29) is 12.1 Å². The van der Waals surface area contributed by atoms with Crippen LogP contribution in [0.4, 0.5) is 10.1 Å². The van der Waals surface area contributed by atoms with Gasteiger partial charge in [0, 0.05) is 6.54 Å². The number of nitro groups is 1. The van der Waals surface area contributed by atoms with Gasteiger partial charge in [0.25, 0.3) is 11.6 Å². The molecule has 1 aromatic carbocycles. The number of carboxylic acid groups (broad SMARTS) is 1. The van der Waals surface area contributed by atoms with Gasteiger partial charge < -0.3 is 10.0 Å². The summed E-state index contributed by atoms with van der Waals surface area (Å²) in [5.41, 5.74) is -1.01. The topological polar surface area (TPSA) is 101 Å². The highest BCUT2D eigenvalue weighted by atomic mass is 19.1. The van der Waals surface area contributed by atoms with E-state index >= 15 is 0 Å². The monoisotopic (exact) mass is 284 g/mol. The maximum Gasteiger partial charge on any atom is 0.323 e. The number of nitro benzene ring substituents is 1. The molecule has 0 aliphatic heterocycles. The van der Waals surface area contributed by atoms with Crippen molar-refractivity contribution >= 4 is 17.6 Å². The van der Waals surface area contributed by atoms with Crippen LogP contribution in [0.25, 0.3) is 0 Å². The predicted molar refractivity (Wildman–Crippen MR) is 66.9 cm³/mol. The maximum absolute atomic E-state index is 13.0. The van der Waals surface area contributed by atoms with Gasteiger partial charge in [-0.25, -0.2) is 4.39 Å². The highest BCUT2D eigenvalue weighted by Gasteiger charge is 2.26. The first kappa shape index (κ1) is 15.5. The number of hydrogen-bond donors (Lipinski definition) is 1. The number of carbonyl (C=O) groups excluding carboxylic acids is 1. The first-order valence-electron chi connectivity index (χ1n) is 5.81. The van der Waals surface area contributed by atoms with Crippen LogP contribution in [0, 0.1) is 15.9 Å². The fraction of sp³-hybridized carbons (Fsp3) is 0.333. The molecule has 0 fully saturated rings. The molecule has 0 heterocycles. The summed E-state index contributed by atoms with van der Waals surface area (Å²) >= 11 is 0. The molecule has 1 rings (SSSR count). The van der Waals surface area contributed by atoms with Crippen molar-refractivity contribution in [3.63, 3.8) is 0 Å². The molecule has 0 saturated carbocycles. The van der Waals surface area contributed by atoms with Crippen LogP contribution < -0.4 is 0 Å². The van der Waals surface area contributed by atoms with E-state index in [0.29, 0.717) is 12.5 Å². The van der Waals surface area contributed by atoms with Crippen molar-refractivity contribution in [2.75, 3.05) is 13.1 Å². The zero-order valence-electron chi connectivity index (χ0n) is 10.7. The number of aliphatic carboxylic acids is 1. The molecular weight excluding hydrogens is 271 g/mol. The van der Waals surface area contributed by atoms with Crippen molar-refractivity contribution in [1.29, 1.82) is 0 Å². The van der Waals surface area contributed by atoms with Crippen molar-refractivity contribution in [1.82, 2.24) is 4.90 Å². The van der Waals surface area contributed by atoms with E-state index in [2.05, 4.69) is 0 Å². The molecule has 0 unspecified atom stereocenters.